The summed E-state index contributed by atoms with van der Waals surface area (Å²) in [4.78, 5) is 38.0. The van der Waals surface area contributed by atoms with Gasteiger partial charge in [-0.1, -0.05) is 0 Å². The molecule has 0 radical (unpaired) electrons. The van der Waals surface area contributed by atoms with Crippen LogP contribution in [-0.2, 0) is 14.6 Å². The summed E-state index contributed by atoms with van der Waals surface area (Å²) in [5, 5.41) is 0. The number of esters is 1. The summed E-state index contributed by atoms with van der Waals surface area (Å²) in [6.07, 6.45) is 0. The summed E-state index contributed by atoms with van der Waals surface area (Å²) in [5.74, 6) is -5.27. The third-order valence-corrected chi connectivity index (χ3v) is 5.45. The van der Waals surface area contributed by atoms with E-state index in [0.29, 0.717) is 16.8 Å². The maximum atomic E-state index is 12.5. The molecular weight excluding hydrogens is 396 g/mol. The van der Waals surface area contributed by atoms with Crippen molar-refractivity contribution in [1.82, 2.24) is 4.98 Å². The van der Waals surface area contributed by atoms with Crippen LogP contribution in [-0.4, -0.2) is 43.3 Å². The SMILES string of the molecule is CC(=O)c1c(C)[nH]c(C(=O)COC(=O)c2ccc(S(=O)(=O)C(F)F)cc2)c1C. The standard InChI is InChI=1S/C18H17F2NO6S/c1-9-15(11(3)22)10(2)21-16(9)14(23)8-27-17(24)12-4-6-13(7-5-12)28(25,26)18(19)20/h4-7,18,21H,8H2,1-3H3. The van der Waals surface area contributed by atoms with E-state index in [-0.39, 0.29) is 17.0 Å². The van der Waals surface area contributed by atoms with Crippen molar-refractivity contribution >= 4 is 27.4 Å². The number of aryl methyl sites for hydroxylation is 1. The Bertz CT molecular complexity index is 1040. The Hall–Kier alpha value is -2.88. The highest BCUT2D eigenvalue weighted by Gasteiger charge is 2.27. The minimum Gasteiger partial charge on any atom is -0.454 e. The zero-order chi connectivity index (χ0) is 21.2. The van der Waals surface area contributed by atoms with Gasteiger partial charge in [-0.2, -0.15) is 8.78 Å². The number of nitrogens with one attached hydrogen (secondary N) is 1. The Morgan fingerprint density at radius 2 is 1.68 bits per heavy atom. The number of ether oxygens (including phenoxy) is 1. The smallest absolute Gasteiger partial charge is 0.341 e. The lowest BCUT2D eigenvalue weighted by atomic mass is 10.1. The number of hydrogen-bond donors (Lipinski definition) is 1. The first-order chi connectivity index (χ1) is 13.0. The van der Waals surface area contributed by atoms with E-state index in [0.717, 1.165) is 24.3 Å². The van der Waals surface area contributed by atoms with E-state index in [1.807, 2.05) is 0 Å². The number of aromatic amines is 1. The first-order valence-electron chi connectivity index (χ1n) is 7.99. The molecule has 10 heteroatoms. The molecule has 0 unspecified atom stereocenters. The molecule has 0 bridgehead atoms. The van der Waals surface area contributed by atoms with Gasteiger partial charge in [0.15, 0.2) is 12.4 Å². The molecule has 0 amide bonds. The fourth-order valence-corrected chi connectivity index (χ4v) is 3.45. The first kappa shape index (κ1) is 21.4. The second-order valence-electron chi connectivity index (χ2n) is 6.01. The number of sulfone groups is 1. The first-order valence-corrected chi connectivity index (χ1v) is 9.54. The van der Waals surface area contributed by atoms with Crippen molar-refractivity contribution in [3.05, 3.63) is 52.3 Å². The number of benzene rings is 1. The van der Waals surface area contributed by atoms with Gasteiger partial charge in [0.2, 0.25) is 15.6 Å². The van der Waals surface area contributed by atoms with Crippen LogP contribution in [0.5, 0.6) is 0 Å². The highest BCUT2D eigenvalue weighted by molar-refractivity contribution is 7.91. The van der Waals surface area contributed by atoms with Gasteiger partial charge in [0.05, 0.1) is 16.2 Å². The number of alkyl halides is 2. The molecule has 0 aliphatic rings. The molecule has 0 saturated heterocycles. The van der Waals surface area contributed by atoms with Gasteiger partial charge >= 0.3 is 11.7 Å². The van der Waals surface area contributed by atoms with Gasteiger partial charge in [-0.3, -0.25) is 9.59 Å². The number of Topliss-reactive ketones (excluding diaryl/α,β-unsaturated/α-hetero) is 2. The lowest BCUT2D eigenvalue weighted by Crippen LogP contribution is -2.16. The van der Waals surface area contributed by atoms with Gasteiger partial charge < -0.3 is 9.72 Å². The van der Waals surface area contributed by atoms with E-state index < -0.39 is 38.8 Å². The second kappa shape index (κ2) is 8.01. The molecule has 0 fully saturated rings. The van der Waals surface area contributed by atoms with Crippen LogP contribution in [0.1, 0.15) is 49.4 Å². The van der Waals surface area contributed by atoms with Crippen LogP contribution in [0.2, 0.25) is 0 Å². The molecule has 7 nitrogen and oxygen atoms in total. The molecule has 150 valence electrons. The van der Waals surface area contributed by atoms with E-state index >= 15 is 0 Å². The lowest BCUT2D eigenvalue weighted by Gasteiger charge is -2.06. The number of aromatic nitrogens is 1. The van der Waals surface area contributed by atoms with Crippen LogP contribution < -0.4 is 0 Å². The van der Waals surface area contributed by atoms with Gasteiger partial charge in [-0.25, -0.2) is 13.2 Å². The largest absolute Gasteiger partial charge is 0.454 e. The monoisotopic (exact) mass is 413 g/mol. The maximum absolute atomic E-state index is 12.5. The van der Waals surface area contributed by atoms with Crippen molar-refractivity contribution in [2.45, 2.75) is 31.4 Å². The molecule has 0 aliphatic heterocycles. The normalized spacial score (nSPS) is 11.5. The summed E-state index contributed by atoms with van der Waals surface area (Å²) in [6, 6.07) is 3.75. The molecular formula is C18H17F2NO6S. The van der Waals surface area contributed by atoms with Gasteiger partial charge in [0.25, 0.3) is 0 Å². The summed E-state index contributed by atoms with van der Waals surface area (Å²) in [7, 11) is -4.77. The average Bonchev–Trinajstić information content (AvgIpc) is 2.93. The van der Waals surface area contributed by atoms with Gasteiger partial charge in [0, 0.05) is 11.3 Å². The van der Waals surface area contributed by atoms with E-state index in [9.17, 15) is 31.6 Å². The number of halogens is 2. The summed E-state index contributed by atoms with van der Waals surface area (Å²) >= 11 is 0. The molecule has 0 aliphatic carbocycles. The summed E-state index contributed by atoms with van der Waals surface area (Å²) < 4.78 is 52.6. The molecule has 1 heterocycles. The molecule has 0 spiro atoms. The Morgan fingerprint density at radius 1 is 1.11 bits per heavy atom. The molecule has 0 saturated carbocycles. The van der Waals surface area contributed by atoms with Crippen molar-refractivity contribution in [2.75, 3.05) is 6.61 Å². The van der Waals surface area contributed by atoms with E-state index in [4.69, 9.17) is 4.74 Å². The highest BCUT2D eigenvalue weighted by Crippen LogP contribution is 2.20. The Labute approximate surface area is 159 Å². The van der Waals surface area contributed by atoms with Gasteiger partial charge in [-0.05, 0) is 50.6 Å². The average molecular weight is 413 g/mol. The van der Waals surface area contributed by atoms with Crippen LogP contribution in [0.4, 0.5) is 8.78 Å². The zero-order valence-corrected chi connectivity index (χ0v) is 16.0. The topological polar surface area (TPSA) is 110 Å². The van der Waals surface area contributed by atoms with Crippen molar-refractivity contribution in [1.29, 1.82) is 0 Å². The maximum Gasteiger partial charge on any atom is 0.341 e. The zero-order valence-electron chi connectivity index (χ0n) is 15.2. The van der Waals surface area contributed by atoms with Crippen LogP contribution in [0.3, 0.4) is 0 Å². The fourth-order valence-electron chi connectivity index (χ4n) is 2.73. The Morgan fingerprint density at radius 3 is 2.14 bits per heavy atom. The molecule has 2 rings (SSSR count). The molecule has 1 aromatic heterocycles. The molecule has 0 atom stereocenters. The third-order valence-electron chi connectivity index (χ3n) is 4.06. The van der Waals surface area contributed by atoms with Crippen LogP contribution in [0.25, 0.3) is 0 Å². The van der Waals surface area contributed by atoms with Crippen molar-refractivity contribution < 1.29 is 36.3 Å². The number of hydrogen-bond acceptors (Lipinski definition) is 6. The number of rotatable bonds is 7. The molecule has 1 N–H and O–H groups in total. The third kappa shape index (κ3) is 4.16. The Kier molecular flexibility index (Phi) is 6.13. The minimum absolute atomic E-state index is 0.107. The molecule has 2 aromatic rings. The number of ketones is 2. The van der Waals surface area contributed by atoms with Crippen LogP contribution >= 0.6 is 0 Å². The number of carbonyl (C=O) groups is 3. The molecule has 28 heavy (non-hydrogen) atoms. The van der Waals surface area contributed by atoms with Crippen LogP contribution in [0.15, 0.2) is 29.2 Å². The summed E-state index contributed by atoms with van der Waals surface area (Å²) in [6.45, 7) is 3.99. The van der Waals surface area contributed by atoms with Gasteiger partial charge in [-0.15, -0.1) is 0 Å². The number of H-pyrrole nitrogens is 1. The fraction of sp³-hybridized carbons (Fsp3) is 0.278. The highest BCUT2D eigenvalue weighted by atomic mass is 32.2. The Balaban J connectivity index is 2.09. The van der Waals surface area contributed by atoms with Crippen molar-refractivity contribution in [3.8, 4) is 0 Å². The van der Waals surface area contributed by atoms with E-state index in [2.05, 4.69) is 4.98 Å². The second-order valence-corrected chi connectivity index (χ2v) is 7.93. The predicted molar refractivity (Wildman–Crippen MR) is 94.5 cm³/mol. The number of carbonyl (C=O) groups excluding carboxylic acids is 3. The van der Waals surface area contributed by atoms with Crippen molar-refractivity contribution in [2.24, 2.45) is 0 Å². The van der Waals surface area contributed by atoms with E-state index in [1.165, 1.54) is 6.92 Å². The molecule has 1 aromatic carbocycles. The minimum atomic E-state index is -4.77. The predicted octanol–water partition coefficient (Wildman–Crippen LogP) is 2.87. The lowest BCUT2D eigenvalue weighted by molar-refractivity contribution is 0.0473. The van der Waals surface area contributed by atoms with Crippen LogP contribution in [0, 0.1) is 13.8 Å². The van der Waals surface area contributed by atoms with Crippen molar-refractivity contribution in [3.63, 3.8) is 0 Å². The van der Waals surface area contributed by atoms with Gasteiger partial charge in [0.1, 0.15) is 0 Å². The summed E-state index contributed by atoms with van der Waals surface area (Å²) in [5.41, 5.74) is 1.41. The van der Waals surface area contributed by atoms with E-state index in [1.54, 1.807) is 13.8 Å². The quantitative estimate of drug-likeness (QED) is 0.552.